The SMILES string of the molecule is CCCCCCCCCCCC(=O)N[C@H](C(=O)OCC)[C@@H](O)c1cccc([N+](=O)[O-])c1. The van der Waals surface area contributed by atoms with E-state index in [4.69, 9.17) is 4.74 Å². The van der Waals surface area contributed by atoms with Gasteiger partial charge in [-0.3, -0.25) is 14.9 Å². The number of ether oxygens (including phenoxy) is 1. The Kier molecular flexibility index (Phi) is 13.1. The summed E-state index contributed by atoms with van der Waals surface area (Å²) in [5.74, 6) is -1.13. The molecule has 1 aromatic carbocycles. The van der Waals surface area contributed by atoms with Crippen LogP contribution < -0.4 is 5.32 Å². The molecule has 8 heteroatoms. The Balaban J connectivity index is 2.55. The molecule has 1 rings (SSSR count). The van der Waals surface area contributed by atoms with Crippen LogP contribution in [0.15, 0.2) is 24.3 Å². The molecule has 2 atom stereocenters. The summed E-state index contributed by atoms with van der Waals surface area (Å²) < 4.78 is 4.98. The first-order chi connectivity index (χ1) is 14.9. The Hall–Kier alpha value is -2.48. The number of rotatable bonds is 16. The van der Waals surface area contributed by atoms with E-state index in [1.165, 1.54) is 56.4 Å². The third kappa shape index (κ3) is 10.4. The van der Waals surface area contributed by atoms with Crippen LogP contribution in [0.2, 0.25) is 0 Å². The van der Waals surface area contributed by atoms with E-state index in [9.17, 15) is 24.8 Å². The van der Waals surface area contributed by atoms with Crippen LogP contribution in [0.4, 0.5) is 5.69 Å². The van der Waals surface area contributed by atoms with Gasteiger partial charge < -0.3 is 15.2 Å². The van der Waals surface area contributed by atoms with Crippen LogP contribution in [0.3, 0.4) is 0 Å². The van der Waals surface area contributed by atoms with Gasteiger partial charge in [-0.15, -0.1) is 0 Å². The summed E-state index contributed by atoms with van der Waals surface area (Å²) in [6.45, 7) is 3.91. The number of nitrogens with zero attached hydrogens (tertiary/aromatic N) is 1. The predicted octanol–water partition coefficient (Wildman–Crippen LogP) is 4.60. The van der Waals surface area contributed by atoms with Crippen molar-refractivity contribution < 1.29 is 24.4 Å². The molecule has 1 amide bonds. The Morgan fingerprint density at radius 3 is 2.26 bits per heavy atom. The summed E-state index contributed by atoms with van der Waals surface area (Å²) >= 11 is 0. The van der Waals surface area contributed by atoms with Crippen molar-refractivity contribution in [2.24, 2.45) is 0 Å². The van der Waals surface area contributed by atoms with E-state index in [0.717, 1.165) is 19.3 Å². The lowest BCUT2D eigenvalue weighted by atomic mass is 10.0. The van der Waals surface area contributed by atoms with Crippen molar-refractivity contribution in [2.45, 2.75) is 90.2 Å². The molecule has 0 aliphatic carbocycles. The van der Waals surface area contributed by atoms with E-state index >= 15 is 0 Å². The zero-order valence-corrected chi connectivity index (χ0v) is 18.7. The second-order valence-electron chi connectivity index (χ2n) is 7.67. The molecule has 2 N–H and O–H groups in total. The van der Waals surface area contributed by atoms with Crippen molar-refractivity contribution in [3.05, 3.63) is 39.9 Å². The van der Waals surface area contributed by atoms with Crippen molar-refractivity contribution in [3.8, 4) is 0 Å². The number of benzene rings is 1. The maximum atomic E-state index is 12.3. The molecule has 0 spiro atoms. The van der Waals surface area contributed by atoms with E-state index in [1.807, 2.05) is 0 Å². The predicted molar refractivity (Wildman–Crippen MR) is 118 cm³/mol. The first-order valence-electron chi connectivity index (χ1n) is 11.3. The van der Waals surface area contributed by atoms with E-state index in [2.05, 4.69) is 12.2 Å². The zero-order valence-electron chi connectivity index (χ0n) is 18.7. The maximum Gasteiger partial charge on any atom is 0.331 e. The minimum absolute atomic E-state index is 0.0884. The summed E-state index contributed by atoms with van der Waals surface area (Å²) in [6.07, 6.45) is 8.90. The summed E-state index contributed by atoms with van der Waals surface area (Å²) in [6, 6.07) is 4.04. The third-order valence-electron chi connectivity index (χ3n) is 5.10. The maximum absolute atomic E-state index is 12.3. The van der Waals surface area contributed by atoms with Gasteiger partial charge in [0.15, 0.2) is 6.04 Å². The highest BCUT2D eigenvalue weighted by Crippen LogP contribution is 2.23. The zero-order chi connectivity index (χ0) is 23.1. The average Bonchev–Trinajstić information content (AvgIpc) is 2.76. The number of aliphatic hydroxyl groups excluding tert-OH is 1. The van der Waals surface area contributed by atoms with Crippen LogP contribution in [0.25, 0.3) is 0 Å². The molecule has 0 saturated heterocycles. The van der Waals surface area contributed by atoms with Crippen molar-refractivity contribution in [1.29, 1.82) is 0 Å². The summed E-state index contributed by atoms with van der Waals surface area (Å²) in [5, 5.41) is 24.1. The van der Waals surface area contributed by atoms with Gasteiger partial charge in [0.05, 0.1) is 11.5 Å². The highest BCUT2D eigenvalue weighted by atomic mass is 16.6. The van der Waals surface area contributed by atoms with Gasteiger partial charge in [-0.1, -0.05) is 70.4 Å². The molecule has 0 bridgehead atoms. The average molecular weight is 437 g/mol. The van der Waals surface area contributed by atoms with Gasteiger partial charge in [0.2, 0.25) is 5.91 Å². The van der Waals surface area contributed by atoms with Crippen LogP contribution in [0, 0.1) is 10.1 Å². The van der Waals surface area contributed by atoms with Crippen molar-refractivity contribution in [2.75, 3.05) is 6.61 Å². The van der Waals surface area contributed by atoms with Crippen LogP contribution in [0.1, 0.15) is 89.7 Å². The van der Waals surface area contributed by atoms with E-state index < -0.39 is 23.0 Å². The first kappa shape index (κ1) is 26.6. The second-order valence-corrected chi connectivity index (χ2v) is 7.67. The van der Waals surface area contributed by atoms with Crippen molar-refractivity contribution >= 4 is 17.6 Å². The molecular formula is C23H36N2O6. The summed E-state index contributed by atoms with van der Waals surface area (Å²) in [7, 11) is 0. The number of aliphatic hydroxyl groups is 1. The lowest BCUT2D eigenvalue weighted by Gasteiger charge is -2.22. The van der Waals surface area contributed by atoms with Crippen molar-refractivity contribution in [1.82, 2.24) is 5.32 Å². The number of non-ortho nitro benzene ring substituents is 1. The lowest BCUT2D eigenvalue weighted by Crippen LogP contribution is -2.46. The van der Waals surface area contributed by atoms with E-state index in [-0.39, 0.29) is 30.2 Å². The molecule has 31 heavy (non-hydrogen) atoms. The second kappa shape index (κ2) is 15.3. The molecule has 1 aromatic rings. The Morgan fingerprint density at radius 2 is 1.68 bits per heavy atom. The van der Waals surface area contributed by atoms with Gasteiger partial charge in [0.1, 0.15) is 6.10 Å². The molecule has 0 aromatic heterocycles. The normalized spacial score (nSPS) is 12.7. The van der Waals surface area contributed by atoms with Crippen molar-refractivity contribution in [3.63, 3.8) is 0 Å². The highest BCUT2D eigenvalue weighted by Gasteiger charge is 2.31. The molecule has 0 saturated carbocycles. The number of nitrogens with one attached hydrogen (secondary N) is 1. The van der Waals surface area contributed by atoms with Gasteiger partial charge in [-0.25, -0.2) is 4.79 Å². The number of hydrogen-bond donors (Lipinski definition) is 2. The van der Waals surface area contributed by atoms with Crippen LogP contribution >= 0.6 is 0 Å². The van der Waals surface area contributed by atoms with Crippen LogP contribution in [-0.4, -0.2) is 34.6 Å². The van der Waals surface area contributed by atoms with E-state index in [0.29, 0.717) is 6.42 Å². The van der Waals surface area contributed by atoms with Gasteiger partial charge in [-0.2, -0.15) is 0 Å². The molecule has 0 unspecified atom stereocenters. The van der Waals surface area contributed by atoms with Gasteiger partial charge in [-0.05, 0) is 18.9 Å². The number of hydrogen-bond acceptors (Lipinski definition) is 6. The highest BCUT2D eigenvalue weighted by molar-refractivity contribution is 5.85. The van der Waals surface area contributed by atoms with Crippen LogP contribution in [0.5, 0.6) is 0 Å². The van der Waals surface area contributed by atoms with E-state index in [1.54, 1.807) is 6.92 Å². The minimum atomic E-state index is -1.45. The molecule has 0 fully saturated rings. The van der Waals surface area contributed by atoms with Gasteiger partial charge in [0.25, 0.3) is 5.69 Å². The lowest BCUT2D eigenvalue weighted by molar-refractivity contribution is -0.385. The molecule has 0 aliphatic rings. The number of nitro benzene ring substituents is 1. The number of amides is 1. The smallest absolute Gasteiger partial charge is 0.331 e. The molecule has 0 aliphatic heterocycles. The fourth-order valence-electron chi connectivity index (χ4n) is 3.36. The largest absolute Gasteiger partial charge is 0.464 e. The molecule has 0 radical (unpaired) electrons. The van der Waals surface area contributed by atoms with Gasteiger partial charge >= 0.3 is 5.97 Å². The fraction of sp³-hybridized carbons (Fsp3) is 0.652. The number of esters is 1. The standard InChI is InChI=1S/C23H36N2O6/c1-3-5-6-7-8-9-10-11-12-16-20(26)24-21(23(28)31-4-2)22(27)18-14-13-15-19(17-18)25(29)30/h13-15,17,21-22,27H,3-12,16H2,1-2H3,(H,24,26)/t21-,22-/m0/s1. The minimum Gasteiger partial charge on any atom is -0.464 e. The molecule has 8 nitrogen and oxygen atoms in total. The fourth-order valence-corrected chi connectivity index (χ4v) is 3.36. The quantitative estimate of drug-likeness (QED) is 0.169. The molecule has 174 valence electrons. The Labute approximate surface area is 184 Å². The van der Waals surface area contributed by atoms with Gasteiger partial charge in [0, 0.05) is 18.6 Å². The summed E-state index contributed by atoms with van der Waals surface area (Å²) in [4.78, 5) is 35.0. The summed E-state index contributed by atoms with van der Waals surface area (Å²) in [5.41, 5.74) is -0.0456. The first-order valence-corrected chi connectivity index (χ1v) is 11.3. The van der Waals surface area contributed by atoms with Crippen LogP contribution in [-0.2, 0) is 14.3 Å². The number of nitro groups is 1. The monoisotopic (exact) mass is 436 g/mol. The third-order valence-corrected chi connectivity index (χ3v) is 5.10. The number of unbranched alkanes of at least 4 members (excludes halogenated alkanes) is 8. The topological polar surface area (TPSA) is 119 Å². The Morgan fingerprint density at radius 1 is 1.06 bits per heavy atom. The number of carbonyl (C=O) groups is 2. The number of carbonyl (C=O) groups excluding carboxylic acids is 2. The Bertz CT molecular complexity index is 694. The molecule has 0 heterocycles. The molecular weight excluding hydrogens is 400 g/mol.